The number of methoxy groups -OCH3 is 2. The molecule has 0 radical (unpaired) electrons. The number of fused-ring (bicyclic) bond motifs is 1. The quantitative estimate of drug-likeness (QED) is 0.283. The second kappa shape index (κ2) is 13.5. The van der Waals surface area contributed by atoms with Crippen LogP contribution in [-0.4, -0.2) is 48.8 Å². The Bertz CT molecular complexity index is 1470. The summed E-state index contributed by atoms with van der Waals surface area (Å²) < 4.78 is 10.7. The molecule has 2 atom stereocenters. The van der Waals surface area contributed by atoms with E-state index >= 15 is 0 Å². The van der Waals surface area contributed by atoms with Gasteiger partial charge in [-0.3, -0.25) is 9.59 Å². The SMILES string of the molecule is COc1ccc(CCNC(=O)c2ccc(/C=C3\SC4CCCCC4N(Cc4cc(C)ccc4C)C3=O)cc2)cc1OC. The average Bonchev–Trinajstić information content (AvgIpc) is 3.01. The van der Waals surface area contributed by atoms with Crippen LogP contribution in [0.5, 0.6) is 11.5 Å². The van der Waals surface area contributed by atoms with E-state index in [9.17, 15) is 9.59 Å². The molecule has 0 aromatic heterocycles. The summed E-state index contributed by atoms with van der Waals surface area (Å²) in [6, 6.07) is 20.0. The van der Waals surface area contributed by atoms with E-state index in [-0.39, 0.29) is 17.9 Å². The van der Waals surface area contributed by atoms with E-state index in [0.717, 1.165) is 28.9 Å². The Hall–Kier alpha value is -3.71. The van der Waals surface area contributed by atoms with E-state index < -0.39 is 0 Å². The fourth-order valence-electron chi connectivity index (χ4n) is 5.86. The fraction of sp³-hybridized carbons (Fsp3) is 0.371. The van der Waals surface area contributed by atoms with Gasteiger partial charge in [-0.05, 0) is 85.7 Å². The van der Waals surface area contributed by atoms with Crippen LogP contribution in [0.2, 0.25) is 0 Å². The van der Waals surface area contributed by atoms with E-state index in [2.05, 4.69) is 42.3 Å². The lowest BCUT2D eigenvalue weighted by molar-refractivity contribution is -0.130. The minimum atomic E-state index is -0.123. The van der Waals surface area contributed by atoms with Gasteiger partial charge in [0.2, 0.25) is 0 Å². The minimum Gasteiger partial charge on any atom is -0.493 e. The van der Waals surface area contributed by atoms with Crippen LogP contribution in [0, 0.1) is 13.8 Å². The molecular formula is C35H40N2O4S. The Balaban J connectivity index is 1.25. The molecule has 1 heterocycles. The van der Waals surface area contributed by atoms with Gasteiger partial charge in [0, 0.05) is 29.9 Å². The molecule has 3 aromatic carbocycles. The summed E-state index contributed by atoms with van der Waals surface area (Å²) in [6.07, 6.45) is 7.25. The average molecular weight is 585 g/mol. The molecule has 1 aliphatic carbocycles. The molecule has 0 bridgehead atoms. The normalized spacial score (nSPS) is 19.4. The number of nitrogens with zero attached hydrogens (tertiary/aromatic N) is 1. The zero-order valence-electron chi connectivity index (χ0n) is 24.9. The molecule has 7 heteroatoms. The summed E-state index contributed by atoms with van der Waals surface area (Å²) in [5.74, 6) is 1.35. The first-order chi connectivity index (χ1) is 20.4. The van der Waals surface area contributed by atoms with Crippen molar-refractivity contribution in [3.63, 3.8) is 0 Å². The fourth-order valence-corrected chi connectivity index (χ4v) is 7.33. The second-order valence-electron chi connectivity index (χ2n) is 11.2. The van der Waals surface area contributed by atoms with Gasteiger partial charge in [-0.2, -0.15) is 0 Å². The third-order valence-corrected chi connectivity index (χ3v) is 9.68. The Labute approximate surface area is 253 Å². The molecule has 0 spiro atoms. The number of hydrogen-bond acceptors (Lipinski definition) is 5. The molecule has 1 aliphatic heterocycles. The van der Waals surface area contributed by atoms with Crippen molar-refractivity contribution in [2.24, 2.45) is 0 Å². The third-order valence-electron chi connectivity index (χ3n) is 8.28. The highest BCUT2D eigenvalue weighted by Gasteiger charge is 2.40. The lowest BCUT2D eigenvalue weighted by atomic mass is 9.92. The smallest absolute Gasteiger partial charge is 0.260 e. The van der Waals surface area contributed by atoms with E-state index in [1.807, 2.05) is 48.5 Å². The van der Waals surface area contributed by atoms with Gasteiger partial charge in [-0.15, -0.1) is 11.8 Å². The van der Waals surface area contributed by atoms with Crippen LogP contribution in [0.4, 0.5) is 0 Å². The minimum absolute atomic E-state index is 0.112. The first kappa shape index (κ1) is 29.8. The Kier molecular flexibility index (Phi) is 9.58. The molecule has 2 unspecified atom stereocenters. The lowest BCUT2D eigenvalue weighted by Crippen LogP contribution is -2.50. The number of ether oxygens (including phenoxy) is 2. The van der Waals surface area contributed by atoms with Gasteiger partial charge in [-0.1, -0.05) is 54.8 Å². The topological polar surface area (TPSA) is 67.9 Å². The molecule has 1 saturated heterocycles. The number of carbonyl (C=O) groups excluding carboxylic acids is 2. The summed E-state index contributed by atoms with van der Waals surface area (Å²) in [5, 5.41) is 3.42. The van der Waals surface area contributed by atoms with Crippen LogP contribution in [0.15, 0.2) is 65.6 Å². The van der Waals surface area contributed by atoms with Gasteiger partial charge in [0.1, 0.15) is 0 Å². The molecule has 2 aliphatic rings. The van der Waals surface area contributed by atoms with Crippen molar-refractivity contribution in [2.45, 2.75) is 63.8 Å². The third kappa shape index (κ3) is 6.84. The Morgan fingerprint density at radius 1 is 0.976 bits per heavy atom. The number of amides is 2. The standard InChI is InChI=1S/C35H40N2O4S/c1-23-9-10-24(2)28(19-23)22-37-29-7-5-6-8-32(29)42-33(35(37)39)21-25-11-14-27(15-12-25)34(38)36-18-17-26-13-16-30(40-3)31(20-26)41-4/h9-16,19-21,29,32H,5-8,17-18,22H2,1-4H3,(H,36,38)/b33-21-. The van der Waals surface area contributed by atoms with Crippen molar-refractivity contribution >= 4 is 29.7 Å². The summed E-state index contributed by atoms with van der Waals surface area (Å²) >= 11 is 1.74. The lowest BCUT2D eigenvalue weighted by Gasteiger charge is -2.44. The number of thioether (sulfide) groups is 1. The number of aryl methyl sites for hydroxylation is 2. The molecular weight excluding hydrogens is 544 g/mol. The summed E-state index contributed by atoms with van der Waals surface area (Å²) in [4.78, 5) is 29.5. The van der Waals surface area contributed by atoms with Gasteiger partial charge in [0.25, 0.3) is 11.8 Å². The molecule has 2 amide bonds. The Morgan fingerprint density at radius 2 is 1.74 bits per heavy atom. The molecule has 5 rings (SSSR count). The van der Waals surface area contributed by atoms with Crippen LogP contribution < -0.4 is 14.8 Å². The number of nitrogens with one attached hydrogen (secondary N) is 1. The highest BCUT2D eigenvalue weighted by Crippen LogP contribution is 2.43. The van der Waals surface area contributed by atoms with E-state index in [4.69, 9.17) is 9.47 Å². The van der Waals surface area contributed by atoms with Gasteiger partial charge in [0.05, 0.1) is 19.1 Å². The van der Waals surface area contributed by atoms with Crippen molar-refractivity contribution in [3.8, 4) is 11.5 Å². The van der Waals surface area contributed by atoms with Crippen LogP contribution in [0.3, 0.4) is 0 Å². The van der Waals surface area contributed by atoms with Crippen LogP contribution >= 0.6 is 11.8 Å². The maximum atomic E-state index is 13.8. The van der Waals surface area contributed by atoms with Crippen molar-refractivity contribution in [2.75, 3.05) is 20.8 Å². The number of carbonyl (C=O) groups is 2. The molecule has 220 valence electrons. The largest absolute Gasteiger partial charge is 0.493 e. The summed E-state index contributed by atoms with van der Waals surface area (Å²) in [6.45, 7) is 5.38. The second-order valence-corrected chi connectivity index (χ2v) is 12.5. The van der Waals surface area contributed by atoms with E-state index in [0.29, 0.717) is 41.8 Å². The first-order valence-corrected chi connectivity index (χ1v) is 15.6. The summed E-state index contributed by atoms with van der Waals surface area (Å²) in [5.41, 5.74) is 6.24. The van der Waals surface area contributed by atoms with E-state index in [1.165, 1.54) is 29.5 Å². The number of rotatable bonds is 9. The Morgan fingerprint density at radius 3 is 2.50 bits per heavy atom. The van der Waals surface area contributed by atoms with Crippen molar-refractivity contribution in [3.05, 3.63) is 98.9 Å². The van der Waals surface area contributed by atoms with Crippen molar-refractivity contribution < 1.29 is 19.1 Å². The zero-order chi connectivity index (χ0) is 29.6. The number of hydrogen-bond donors (Lipinski definition) is 1. The van der Waals surface area contributed by atoms with Crippen molar-refractivity contribution in [1.29, 1.82) is 0 Å². The molecule has 6 nitrogen and oxygen atoms in total. The molecule has 2 fully saturated rings. The van der Waals surface area contributed by atoms with Gasteiger partial charge >= 0.3 is 0 Å². The molecule has 3 aromatic rings. The zero-order valence-corrected chi connectivity index (χ0v) is 25.8. The van der Waals surface area contributed by atoms with Gasteiger partial charge in [-0.25, -0.2) is 0 Å². The highest BCUT2D eigenvalue weighted by molar-refractivity contribution is 8.04. The monoisotopic (exact) mass is 584 g/mol. The predicted octanol–water partition coefficient (Wildman–Crippen LogP) is 6.72. The molecule has 1 saturated carbocycles. The first-order valence-electron chi connectivity index (χ1n) is 14.7. The number of benzene rings is 3. The van der Waals surface area contributed by atoms with Crippen LogP contribution in [0.25, 0.3) is 6.08 Å². The van der Waals surface area contributed by atoms with Crippen molar-refractivity contribution in [1.82, 2.24) is 10.2 Å². The molecule has 42 heavy (non-hydrogen) atoms. The van der Waals surface area contributed by atoms with Crippen LogP contribution in [0.1, 0.15) is 63.9 Å². The summed E-state index contributed by atoms with van der Waals surface area (Å²) in [7, 11) is 3.22. The highest BCUT2D eigenvalue weighted by atomic mass is 32.2. The van der Waals surface area contributed by atoms with Gasteiger partial charge < -0.3 is 19.7 Å². The van der Waals surface area contributed by atoms with E-state index in [1.54, 1.807) is 26.0 Å². The van der Waals surface area contributed by atoms with Crippen LogP contribution in [-0.2, 0) is 17.8 Å². The van der Waals surface area contributed by atoms with Gasteiger partial charge in [0.15, 0.2) is 11.5 Å². The maximum Gasteiger partial charge on any atom is 0.260 e. The predicted molar refractivity (Wildman–Crippen MR) is 170 cm³/mol. The maximum absolute atomic E-state index is 13.8. The molecule has 1 N–H and O–H groups in total.